The first-order valence-corrected chi connectivity index (χ1v) is 13.3. The van der Waals surface area contributed by atoms with Crippen LogP contribution in [0.5, 0.6) is 5.75 Å². The Balaban J connectivity index is 1.39. The number of ether oxygens (including phenoxy) is 2. The van der Waals surface area contributed by atoms with Crippen LogP contribution in [0.15, 0.2) is 54.0 Å². The van der Waals surface area contributed by atoms with Gasteiger partial charge < -0.3 is 19.3 Å². The molecule has 3 heterocycles. The molecule has 7 nitrogen and oxygen atoms in total. The minimum absolute atomic E-state index is 0.260. The highest BCUT2D eigenvalue weighted by Crippen LogP contribution is 2.41. The molecule has 182 valence electrons. The summed E-state index contributed by atoms with van der Waals surface area (Å²) in [4.78, 5) is 26.0. The van der Waals surface area contributed by atoms with E-state index in [1.54, 1.807) is 27.6 Å². The van der Waals surface area contributed by atoms with Crippen molar-refractivity contribution in [2.24, 2.45) is 0 Å². The first-order chi connectivity index (χ1) is 16.9. The summed E-state index contributed by atoms with van der Waals surface area (Å²) in [6, 6.07) is 14.2. The Morgan fingerprint density at radius 2 is 1.83 bits per heavy atom. The second-order valence-electron chi connectivity index (χ2n) is 9.35. The van der Waals surface area contributed by atoms with Crippen molar-refractivity contribution < 1.29 is 14.3 Å². The van der Waals surface area contributed by atoms with Gasteiger partial charge in [-0.05, 0) is 38.5 Å². The fourth-order valence-electron chi connectivity index (χ4n) is 3.89. The van der Waals surface area contributed by atoms with Crippen LogP contribution < -0.4 is 9.64 Å². The summed E-state index contributed by atoms with van der Waals surface area (Å²) in [5.41, 5.74) is 2.54. The minimum atomic E-state index is -0.496. The maximum absolute atomic E-state index is 12.5. The van der Waals surface area contributed by atoms with Crippen LogP contribution in [0.1, 0.15) is 26.3 Å². The molecule has 2 aromatic carbocycles. The van der Waals surface area contributed by atoms with Crippen molar-refractivity contribution >= 4 is 44.1 Å². The van der Waals surface area contributed by atoms with Gasteiger partial charge in [0.1, 0.15) is 23.0 Å². The summed E-state index contributed by atoms with van der Waals surface area (Å²) >= 11 is 3.23. The molecule has 1 saturated heterocycles. The van der Waals surface area contributed by atoms with Gasteiger partial charge in [-0.3, -0.25) is 0 Å². The van der Waals surface area contributed by atoms with Crippen molar-refractivity contribution in [3.05, 3.63) is 59.6 Å². The third-order valence-electron chi connectivity index (χ3n) is 5.60. The normalized spacial score (nSPS) is 14.4. The molecule has 0 radical (unpaired) electrons. The number of hydrogen-bond donors (Lipinski definition) is 0. The van der Waals surface area contributed by atoms with Gasteiger partial charge in [-0.2, -0.15) is 0 Å². The van der Waals surface area contributed by atoms with Gasteiger partial charge in [0.2, 0.25) is 0 Å². The Labute approximate surface area is 212 Å². The van der Waals surface area contributed by atoms with Gasteiger partial charge in [-0.1, -0.05) is 41.7 Å². The van der Waals surface area contributed by atoms with E-state index in [0.29, 0.717) is 32.8 Å². The zero-order valence-corrected chi connectivity index (χ0v) is 21.7. The van der Waals surface area contributed by atoms with Crippen LogP contribution in [0.4, 0.5) is 9.93 Å². The van der Waals surface area contributed by atoms with Crippen LogP contribution in [-0.2, 0) is 11.3 Å². The summed E-state index contributed by atoms with van der Waals surface area (Å²) in [7, 11) is 0. The lowest BCUT2D eigenvalue weighted by molar-refractivity contribution is 0.0240. The minimum Gasteiger partial charge on any atom is -0.487 e. The van der Waals surface area contributed by atoms with Crippen LogP contribution >= 0.6 is 22.7 Å². The van der Waals surface area contributed by atoms with Crippen molar-refractivity contribution in [2.75, 3.05) is 31.1 Å². The molecule has 2 aromatic heterocycles. The molecule has 9 heteroatoms. The Morgan fingerprint density at radius 3 is 2.51 bits per heavy atom. The largest absolute Gasteiger partial charge is 0.487 e. The van der Waals surface area contributed by atoms with Crippen molar-refractivity contribution in [1.82, 2.24) is 14.9 Å². The summed E-state index contributed by atoms with van der Waals surface area (Å²) < 4.78 is 12.8. The van der Waals surface area contributed by atoms with E-state index in [4.69, 9.17) is 14.5 Å². The average molecular weight is 509 g/mol. The standard InChI is InChI=1S/C26H28N4O3S2/c1-26(2,3)33-25(31)30-14-12-29(13-15-30)24-28-21-19(23-27-11-16-34-23)9-10-20(22(21)35-24)32-17-18-7-5-4-6-8-18/h4-11,16H,12-15,17H2,1-3H3. The van der Waals surface area contributed by atoms with Crippen LogP contribution in [0.3, 0.4) is 0 Å². The molecule has 0 N–H and O–H groups in total. The lowest BCUT2D eigenvalue weighted by atomic mass is 10.2. The maximum atomic E-state index is 12.5. The van der Waals surface area contributed by atoms with E-state index >= 15 is 0 Å². The Morgan fingerprint density at radius 1 is 1.06 bits per heavy atom. The second-order valence-corrected chi connectivity index (χ2v) is 11.2. The molecule has 0 spiro atoms. The number of fused-ring (bicyclic) bond motifs is 1. The number of thiazole rings is 2. The predicted molar refractivity (Wildman–Crippen MR) is 142 cm³/mol. The van der Waals surface area contributed by atoms with Gasteiger partial charge in [-0.25, -0.2) is 14.8 Å². The van der Waals surface area contributed by atoms with E-state index in [1.165, 1.54) is 0 Å². The molecule has 0 aliphatic carbocycles. The molecular weight excluding hydrogens is 480 g/mol. The average Bonchev–Trinajstić information content (AvgIpc) is 3.53. The van der Waals surface area contributed by atoms with Crippen LogP contribution in [0, 0.1) is 0 Å². The topological polar surface area (TPSA) is 67.8 Å². The molecule has 35 heavy (non-hydrogen) atoms. The molecular formula is C26H28N4O3S2. The number of rotatable bonds is 5. The van der Waals surface area contributed by atoms with E-state index in [1.807, 2.05) is 62.7 Å². The Hall–Kier alpha value is -3.17. The summed E-state index contributed by atoms with van der Waals surface area (Å²) in [5.74, 6) is 0.820. The van der Waals surface area contributed by atoms with E-state index in [9.17, 15) is 4.79 Å². The van der Waals surface area contributed by atoms with Crippen molar-refractivity contribution in [1.29, 1.82) is 0 Å². The fourth-order valence-corrected chi connectivity index (χ4v) is 5.67. The van der Waals surface area contributed by atoms with Gasteiger partial charge in [0, 0.05) is 43.3 Å². The molecule has 4 aromatic rings. The highest BCUT2D eigenvalue weighted by Gasteiger charge is 2.27. The number of benzene rings is 2. The molecule has 5 rings (SSSR count). The van der Waals surface area contributed by atoms with Gasteiger partial charge in [0.25, 0.3) is 0 Å². The van der Waals surface area contributed by atoms with Gasteiger partial charge in [0.15, 0.2) is 5.13 Å². The summed E-state index contributed by atoms with van der Waals surface area (Å²) in [6.45, 7) is 8.76. The molecule has 0 atom stereocenters. The molecule has 1 fully saturated rings. The van der Waals surface area contributed by atoms with E-state index in [-0.39, 0.29) is 6.09 Å². The molecule has 0 bridgehead atoms. The SMILES string of the molecule is CC(C)(C)OC(=O)N1CCN(c2nc3c(-c4nccs4)ccc(OCc4ccccc4)c3s2)CC1. The van der Waals surface area contributed by atoms with E-state index < -0.39 is 5.60 Å². The monoisotopic (exact) mass is 508 g/mol. The summed E-state index contributed by atoms with van der Waals surface area (Å²) in [6.07, 6.45) is 1.55. The van der Waals surface area contributed by atoms with Crippen molar-refractivity contribution in [3.8, 4) is 16.3 Å². The van der Waals surface area contributed by atoms with Crippen LogP contribution in [0.25, 0.3) is 20.8 Å². The number of aromatic nitrogens is 2. The van der Waals surface area contributed by atoms with Crippen molar-refractivity contribution in [3.63, 3.8) is 0 Å². The zero-order chi connectivity index (χ0) is 24.4. The molecule has 1 aliphatic rings. The number of nitrogens with zero attached hydrogens (tertiary/aromatic N) is 4. The lowest BCUT2D eigenvalue weighted by Gasteiger charge is -2.35. The third-order valence-corrected chi connectivity index (χ3v) is 7.54. The zero-order valence-electron chi connectivity index (χ0n) is 20.1. The Kier molecular flexibility index (Phi) is 6.62. The maximum Gasteiger partial charge on any atom is 0.410 e. The van der Waals surface area contributed by atoms with Gasteiger partial charge in [0.05, 0.1) is 10.2 Å². The van der Waals surface area contributed by atoms with E-state index in [0.717, 1.165) is 37.2 Å². The van der Waals surface area contributed by atoms with Gasteiger partial charge >= 0.3 is 6.09 Å². The van der Waals surface area contributed by atoms with Crippen LogP contribution in [0.2, 0.25) is 0 Å². The molecule has 0 unspecified atom stereocenters. The molecule has 0 saturated carbocycles. The fraction of sp³-hybridized carbons (Fsp3) is 0.346. The third kappa shape index (κ3) is 5.41. The highest BCUT2D eigenvalue weighted by molar-refractivity contribution is 7.22. The van der Waals surface area contributed by atoms with Crippen LogP contribution in [-0.4, -0.2) is 52.7 Å². The molecule has 1 aliphatic heterocycles. The number of carbonyl (C=O) groups is 1. The highest BCUT2D eigenvalue weighted by atomic mass is 32.1. The first-order valence-electron chi connectivity index (χ1n) is 11.6. The second kappa shape index (κ2) is 9.83. The number of piperazine rings is 1. The molecule has 1 amide bonds. The lowest BCUT2D eigenvalue weighted by Crippen LogP contribution is -2.50. The smallest absolute Gasteiger partial charge is 0.410 e. The first kappa shape index (κ1) is 23.6. The quantitative estimate of drug-likeness (QED) is 0.327. The number of anilines is 1. The Bertz CT molecular complexity index is 1290. The summed E-state index contributed by atoms with van der Waals surface area (Å²) in [5, 5.41) is 3.85. The van der Waals surface area contributed by atoms with Crippen molar-refractivity contribution in [2.45, 2.75) is 33.0 Å². The number of amides is 1. The predicted octanol–water partition coefficient (Wildman–Crippen LogP) is 6.06. The number of hydrogen-bond acceptors (Lipinski definition) is 8. The van der Waals surface area contributed by atoms with Gasteiger partial charge in [-0.15, -0.1) is 11.3 Å². The number of carbonyl (C=O) groups excluding carboxylic acids is 1. The van der Waals surface area contributed by atoms with E-state index in [2.05, 4.69) is 22.0 Å².